The van der Waals surface area contributed by atoms with Gasteiger partial charge in [0.1, 0.15) is 12.1 Å². The predicted molar refractivity (Wildman–Crippen MR) is 89.1 cm³/mol. The van der Waals surface area contributed by atoms with Crippen molar-refractivity contribution in [3.63, 3.8) is 0 Å². The van der Waals surface area contributed by atoms with Crippen LogP contribution >= 0.6 is 0 Å². The van der Waals surface area contributed by atoms with Crippen LogP contribution in [-0.4, -0.2) is 51.6 Å². The number of fused-ring (bicyclic) bond motifs is 1. The molecule has 0 saturated carbocycles. The first-order valence-electron chi connectivity index (χ1n) is 8.13. The zero-order chi connectivity index (χ0) is 16.1. The molecule has 2 N–H and O–H groups in total. The first-order valence-corrected chi connectivity index (χ1v) is 8.13. The van der Waals surface area contributed by atoms with E-state index in [0.717, 1.165) is 36.7 Å². The molecule has 1 aliphatic heterocycles. The van der Waals surface area contributed by atoms with Crippen LogP contribution in [0, 0.1) is 0 Å². The van der Waals surface area contributed by atoms with Crippen molar-refractivity contribution in [3.05, 3.63) is 30.6 Å². The number of para-hydroxylation sites is 1. The molecule has 1 amide bonds. The number of rotatable bonds is 5. The van der Waals surface area contributed by atoms with Gasteiger partial charge in [-0.1, -0.05) is 12.1 Å². The molecule has 2 aromatic rings. The SMILES string of the molecule is O=C(CNc1ncnc2ccccc12)N1CCCCC1CCO. The molecule has 0 spiro atoms. The van der Waals surface area contributed by atoms with Crippen molar-refractivity contribution >= 4 is 22.6 Å². The van der Waals surface area contributed by atoms with E-state index >= 15 is 0 Å². The van der Waals surface area contributed by atoms with Crippen LogP contribution in [0.5, 0.6) is 0 Å². The minimum absolute atomic E-state index is 0.0610. The summed E-state index contributed by atoms with van der Waals surface area (Å²) >= 11 is 0. The molecule has 1 aromatic heterocycles. The van der Waals surface area contributed by atoms with Gasteiger partial charge in [0.25, 0.3) is 0 Å². The Bertz CT molecular complexity index is 669. The Hall–Kier alpha value is -2.21. The number of hydrogen-bond donors (Lipinski definition) is 2. The lowest BCUT2D eigenvalue weighted by Crippen LogP contribution is -2.46. The molecule has 6 nitrogen and oxygen atoms in total. The number of carbonyl (C=O) groups excluding carboxylic acids is 1. The van der Waals surface area contributed by atoms with Gasteiger partial charge in [-0.2, -0.15) is 0 Å². The number of anilines is 1. The topological polar surface area (TPSA) is 78.4 Å². The van der Waals surface area contributed by atoms with Crippen molar-refractivity contribution in [1.82, 2.24) is 14.9 Å². The number of benzene rings is 1. The Balaban J connectivity index is 1.68. The van der Waals surface area contributed by atoms with Crippen LogP contribution in [0.2, 0.25) is 0 Å². The average molecular weight is 314 g/mol. The van der Waals surface area contributed by atoms with Gasteiger partial charge in [0.05, 0.1) is 12.1 Å². The first kappa shape index (κ1) is 15.7. The van der Waals surface area contributed by atoms with Gasteiger partial charge in [-0.15, -0.1) is 0 Å². The van der Waals surface area contributed by atoms with Gasteiger partial charge in [-0.3, -0.25) is 4.79 Å². The normalized spacial score (nSPS) is 18.1. The van der Waals surface area contributed by atoms with Crippen LogP contribution in [0.25, 0.3) is 10.9 Å². The molecule has 0 bridgehead atoms. The number of likely N-dealkylation sites (tertiary alicyclic amines) is 1. The minimum atomic E-state index is 0.0610. The van der Waals surface area contributed by atoms with E-state index in [1.54, 1.807) is 0 Å². The van der Waals surface area contributed by atoms with E-state index in [-0.39, 0.29) is 25.1 Å². The highest BCUT2D eigenvalue weighted by Gasteiger charge is 2.25. The lowest BCUT2D eigenvalue weighted by Gasteiger charge is -2.35. The number of carbonyl (C=O) groups is 1. The second-order valence-electron chi connectivity index (χ2n) is 5.84. The van der Waals surface area contributed by atoms with E-state index in [1.807, 2.05) is 29.2 Å². The highest BCUT2D eigenvalue weighted by atomic mass is 16.3. The number of nitrogens with one attached hydrogen (secondary N) is 1. The molecular formula is C17H22N4O2. The van der Waals surface area contributed by atoms with Gasteiger partial charge in [0, 0.05) is 24.6 Å². The summed E-state index contributed by atoms with van der Waals surface area (Å²) in [6, 6.07) is 7.88. The van der Waals surface area contributed by atoms with Crippen molar-refractivity contribution in [2.45, 2.75) is 31.7 Å². The number of aliphatic hydroxyl groups excluding tert-OH is 1. The van der Waals surface area contributed by atoms with Crippen LogP contribution < -0.4 is 5.32 Å². The van der Waals surface area contributed by atoms with Crippen molar-refractivity contribution in [3.8, 4) is 0 Å². The van der Waals surface area contributed by atoms with E-state index in [0.29, 0.717) is 12.2 Å². The molecule has 3 rings (SSSR count). The van der Waals surface area contributed by atoms with Gasteiger partial charge < -0.3 is 15.3 Å². The van der Waals surface area contributed by atoms with Crippen molar-refractivity contribution < 1.29 is 9.90 Å². The number of aromatic nitrogens is 2. The quantitative estimate of drug-likeness (QED) is 0.880. The summed E-state index contributed by atoms with van der Waals surface area (Å²) in [4.78, 5) is 22.9. The minimum Gasteiger partial charge on any atom is -0.396 e. The standard InChI is InChI=1S/C17H22N4O2/c22-10-8-13-5-3-4-9-21(13)16(23)11-18-17-14-6-1-2-7-15(14)19-12-20-17/h1-2,6-7,12-13,22H,3-5,8-11H2,(H,18,19,20). The molecule has 6 heteroatoms. The number of aliphatic hydroxyl groups is 1. The maximum Gasteiger partial charge on any atom is 0.242 e. The average Bonchev–Trinajstić information content (AvgIpc) is 2.60. The third-order valence-corrected chi connectivity index (χ3v) is 4.36. The number of hydrogen-bond acceptors (Lipinski definition) is 5. The van der Waals surface area contributed by atoms with Crippen LogP contribution in [0.4, 0.5) is 5.82 Å². The monoisotopic (exact) mass is 314 g/mol. The van der Waals surface area contributed by atoms with Gasteiger partial charge in [0.2, 0.25) is 5.91 Å². The second-order valence-corrected chi connectivity index (χ2v) is 5.84. The molecule has 0 aliphatic carbocycles. The summed E-state index contributed by atoms with van der Waals surface area (Å²) < 4.78 is 0. The van der Waals surface area contributed by atoms with Gasteiger partial charge in [-0.25, -0.2) is 9.97 Å². The highest BCUT2D eigenvalue weighted by molar-refractivity contribution is 5.90. The molecular weight excluding hydrogens is 292 g/mol. The molecule has 1 saturated heterocycles. The Morgan fingerprint density at radius 2 is 2.17 bits per heavy atom. The molecule has 1 aliphatic rings. The Kier molecular flexibility index (Phi) is 5.02. The Morgan fingerprint density at radius 3 is 3.04 bits per heavy atom. The second kappa shape index (κ2) is 7.37. The number of amides is 1. The molecule has 2 heterocycles. The molecule has 1 unspecified atom stereocenters. The summed E-state index contributed by atoms with van der Waals surface area (Å²) in [7, 11) is 0. The lowest BCUT2D eigenvalue weighted by molar-refractivity contribution is -0.133. The van der Waals surface area contributed by atoms with Crippen molar-refractivity contribution in [2.75, 3.05) is 25.0 Å². The zero-order valence-electron chi connectivity index (χ0n) is 13.1. The molecule has 1 atom stereocenters. The van der Waals surface area contributed by atoms with Crippen LogP contribution in [0.15, 0.2) is 30.6 Å². The maximum absolute atomic E-state index is 12.5. The van der Waals surface area contributed by atoms with Crippen LogP contribution in [0.1, 0.15) is 25.7 Å². The molecule has 0 radical (unpaired) electrons. The maximum atomic E-state index is 12.5. The molecule has 1 fully saturated rings. The summed E-state index contributed by atoms with van der Waals surface area (Å²) in [5.74, 6) is 0.741. The molecule has 23 heavy (non-hydrogen) atoms. The Labute approximate surface area is 135 Å². The van der Waals surface area contributed by atoms with E-state index in [4.69, 9.17) is 0 Å². The third kappa shape index (κ3) is 3.59. The van der Waals surface area contributed by atoms with E-state index in [9.17, 15) is 9.90 Å². The molecule has 1 aromatic carbocycles. The van der Waals surface area contributed by atoms with Crippen LogP contribution in [0.3, 0.4) is 0 Å². The fraction of sp³-hybridized carbons (Fsp3) is 0.471. The van der Waals surface area contributed by atoms with E-state index in [2.05, 4.69) is 15.3 Å². The fourth-order valence-electron chi connectivity index (χ4n) is 3.18. The highest BCUT2D eigenvalue weighted by Crippen LogP contribution is 2.21. The first-order chi connectivity index (χ1) is 11.3. The van der Waals surface area contributed by atoms with Crippen LogP contribution in [-0.2, 0) is 4.79 Å². The Morgan fingerprint density at radius 1 is 1.30 bits per heavy atom. The molecule has 122 valence electrons. The van der Waals surface area contributed by atoms with Gasteiger partial charge in [0.15, 0.2) is 0 Å². The smallest absolute Gasteiger partial charge is 0.242 e. The van der Waals surface area contributed by atoms with Crippen molar-refractivity contribution in [1.29, 1.82) is 0 Å². The van der Waals surface area contributed by atoms with Gasteiger partial charge in [-0.05, 0) is 37.8 Å². The van der Waals surface area contributed by atoms with Gasteiger partial charge >= 0.3 is 0 Å². The van der Waals surface area contributed by atoms with E-state index < -0.39 is 0 Å². The predicted octanol–water partition coefficient (Wildman–Crippen LogP) is 1.81. The fourth-order valence-corrected chi connectivity index (χ4v) is 3.18. The summed E-state index contributed by atoms with van der Waals surface area (Å²) in [5, 5.41) is 13.2. The number of piperidine rings is 1. The third-order valence-electron chi connectivity index (χ3n) is 4.36. The van der Waals surface area contributed by atoms with E-state index in [1.165, 1.54) is 6.33 Å². The summed E-state index contributed by atoms with van der Waals surface area (Å²) in [5.41, 5.74) is 0.855. The summed E-state index contributed by atoms with van der Waals surface area (Å²) in [6.07, 6.45) is 5.29. The summed E-state index contributed by atoms with van der Waals surface area (Å²) in [6.45, 7) is 1.11. The zero-order valence-corrected chi connectivity index (χ0v) is 13.1. The number of nitrogens with zero attached hydrogens (tertiary/aromatic N) is 3. The van der Waals surface area contributed by atoms with Crippen molar-refractivity contribution in [2.24, 2.45) is 0 Å². The lowest BCUT2D eigenvalue weighted by atomic mass is 9.99. The largest absolute Gasteiger partial charge is 0.396 e.